The maximum Gasteiger partial charge on any atom is 0.232 e. The van der Waals surface area contributed by atoms with E-state index in [1.54, 1.807) is 7.11 Å². The van der Waals surface area contributed by atoms with Crippen molar-refractivity contribution in [2.24, 2.45) is 5.41 Å². The van der Waals surface area contributed by atoms with Crippen molar-refractivity contribution in [3.05, 3.63) is 29.8 Å². The highest BCUT2D eigenvalue weighted by Gasteiger charge is 2.68. The van der Waals surface area contributed by atoms with Crippen LogP contribution in [0.15, 0.2) is 24.3 Å². The highest BCUT2D eigenvalue weighted by molar-refractivity contribution is 6.53. The third-order valence-corrected chi connectivity index (χ3v) is 6.18. The molecule has 0 aromatic heterocycles. The van der Waals surface area contributed by atoms with Gasteiger partial charge in [-0.15, -0.1) is 23.2 Å². The minimum atomic E-state index is -0.880. The van der Waals surface area contributed by atoms with Crippen molar-refractivity contribution >= 4 is 29.1 Å². The Morgan fingerprint density at radius 1 is 1.35 bits per heavy atom. The van der Waals surface area contributed by atoms with Gasteiger partial charge < -0.3 is 14.5 Å². The van der Waals surface area contributed by atoms with Gasteiger partial charge in [-0.2, -0.15) is 0 Å². The zero-order valence-electron chi connectivity index (χ0n) is 13.6. The molecule has 1 aromatic rings. The molecule has 1 saturated heterocycles. The minimum Gasteiger partial charge on any atom is -0.497 e. The fourth-order valence-electron chi connectivity index (χ4n) is 3.25. The van der Waals surface area contributed by atoms with Crippen LogP contribution in [-0.4, -0.2) is 48.4 Å². The molecular formula is C17H23Cl2N2O2+. The summed E-state index contributed by atoms with van der Waals surface area (Å²) < 4.78 is 4.39. The third-order valence-electron chi connectivity index (χ3n) is 5.08. The van der Waals surface area contributed by atoms with Crippen LogP contribution in [0.3, 0.4) is 0 Å². The lowest BCUT2D eigenvalue weighted by atomic mass is 10.1. The lowest BCUT2D eigenvalue weighted by Crippen LogP contribution is -3.13. The van der Waals surface area contributed by atoms with Gasteiger partial charge in [-0.3, -0.25) is 4.79 Å². The fourth-order valence-corrected chi connectivity index (χ4v) is 3.95. The summed E-state index contributed by atoms with van der Waals surface area (Å²) >= 11 is 12.3. The molecule has 1 atom stereocenters. The van der Waals surface area contributed by atoms with Crippen molar-refractivity contribution in [3.63, 3.8) is 0 Å². The average molecular weight is 358 g/mol. The van der Waals surface area contributed by atoms with Crippen molar-refractivity contribution in [1.82, 2.24) is 4.90 Å². The van der Waals surface area contributed by atoms with E-state index < -0.39 is 9.75 Å². The number of halogens is 2. The second-order valence-electron chi connectivity index (χ2n) is 6.78. The fraction of sp³-hybridized carbons (Fsp3) is 0.588. The molecule has 1 saturated carbocycles. The summed E-state index contributed by atoms with van der Waals surface area (Å²) in [6.45, 7) is 6.22. The predicted octanol–water partition coefficient (Wildman–Crippen LogP) is 1.51. The highest BCUT2D eigenvalue weighted by atomic mass is 35.5. The Morgan fingerprint density at radius 3 is 2.57 bits per heavy atom. The topological polar surface area (TPSA) is 34.0 Å². The highest BCUT2D eigenvalue weighted by Crippen LogP contribution is 2.64. The van der Waals surface area contributed by atoms with Crippen LogP contribution in [0.2, 0.25) is 0 Å². The molecule has 0 radical (unpaired) electrons. The third kappa shape index (κ3) is 3.30. The number of amides is 1. The van der Waals surface area contributed by atoms with Crippen LogP contribution in [-0.2, 0) is 11.3 Å². The van der Waals surface area contributed by atoms with Crippen molar-refractivity contribution < 1.29 is 14.4 Å². The average Bonchev–Trinajstić information content (AvgIpc) is 3.07. The standard InChI is InChI=1S/C17H22Cl2N2O2/c1-16(12-17(16,18)19)15(22)21-8-6-20(7-9-21)11-13-4-3-5-14(10-13)23-2/h3-5,10H,6-9,11-12H2,1-2H3/p+1/t16-/m1/s1. The summed E-state index contributed by atoms with van der Waals surface area (Å²) in [6.07, 6.45) is 0.554. The van der Waals surface area contributed by atoms with Gasteiger partial charge >= 0.3 is 0 Å². The number of quaternary nitrogens is 1. The summed E-state index contributed by atoms with van der Waals surface area (Å²) in [4.78, 5) is 16.0. The largest absolute Gasteiger partial charge is 0.497 e. The number of methoxy groups -OCH3 is 1. The number of nitrogens with zero attached hydrogens (tertiary/aromatic N) is 1. The molecule has 1 amide bonds. The number of hydrogen-bond donors (Lipinski definition) is 1. The van der Waals surface area contributed by atoms with E-state index in [1.165, 1.54) is 10.5 Å². The monoisotopic (exact) mass is 357 g/mol. The lowest BCUT2D eigenvalue weighted by molar-refractivity contribution is -0.917. The van der Waals surface area contributed by atoms with E-state index in [9.17, 15) is 4.79 Å². The van der Waals surface area contributed by atoms with Gasteiger partial charge in [0.2, 0.25) is 5.91 Å². The number of carbonyl (C=O) groups excluding carboxylic acids is 1. The molecule has 0 unspecified atom stereocenters. The first-order valence-corrected chi connectivity index (χ1v) is 8.75. The normalized spacial score (nSPS) is 26.9. The predicted molar refractivity (Wildman–Crippen MR) is 91.1 cm³/mol. The van der Waals surface area contributed by atoms with E-state index >= 15 is 0 Å². The van der Waals surface area contributed by atoms with E-state index in [0.717, 1.165) is 38.5 Å². The summed E-state index contributed by atoms with van der Waals surface area (Å²) in [5.74, 6) is 0.987. The van der Waals surface area contributed by atoms with Crippen LogP contribution in [0.4, 0.5) is 0 Å². The van der Waals surface area contributed by atoms with Gasteiger partial charge in [0.1, 0.15) is 16.6 Å². The Labute approximate surface area is 147 Å². The van der Waals surface area contributed by atoms with Crippen LogP contribution >= 0.6 is 23.2 Å². The van der Waals surface area contributed by atoms with Gasteiger partial charge in [-0.25, -0.2) is 0 Å². The van der Waals surface area contributed by atoms with Gasteiger partial charge in [0.05, 0.1) is 38.7 Å². The molecule has 1 aliphatic heterocycles. The van der Waals surface area contributed by atoms with Gasteiger partial charge in [0.25, 0.3) is 0 Å². The number of nitrogens with one attached hydrogen (secondary N) is 1. The van der Waals surface area contributed by atoms with Gasteiger partial charge in [-0.1, -0.05) is 12.1 Å². The van der Waals surface area contributed by atoms with Crippen LogP contribution in [0.25, 0.3) is 0 Å². The molecule has 1 N–H and O–H groups in total. The number of ether oxygens (including phenoxy) is 1. The van der Waals surface area contributed by atoms with Crippen LogP contribution in [0.1, 0.15) is 18.9 Å². The lowest BCUT2D eigenvalue weighted by Gasteiger charge is -2.34. The van der Waals surface area contributed by atoms with Gasteiger partial charge in [0.15, 0.2) is 0 Å². The maximum absolute atomic E-state index is 12.6. The molecule has 0 bridgehead atoms. The summed E-state index contributed by atoms with van der Waals surface area (Å²) in [5.41, 5.74) is 0.661. The van der Waals surface area contributed by atoms with Crippen LogP contribution in [0.5, 0.6) is 5.75 Å². The molecule has 1 heterocycles. The zero-order valence-corrected chi connectivity index (χ0v) is 15.1. The molecular weight excluding hydrogens is 335 g/mol. The molecule has 2 aliphatic rings. The first-order chi connectivity index (χ1) is 10.9. The Bertz CT molecular complexity index is 600. The second kappa shape index (κ2) is 6.15. The van der Waals surface area contributed by atoms with Crippen molar-refractivity contribution in [3.8, 4) is 5.75 Å². The molecule has 0 spiro atoms. The molecule has 23 heavy (non-hydrogen) atoms. The molecule has 3 rings (SSSR count). The number of carbonyl (C=O) groups is 1. The minimum absolute atomic E-state index is 0.0999. The molecule has 4 nitrogen and oxygen atoms in total. The van der Waals surface area contributed by atoms with E-state index in [1.807, 2.05) is 24.0 Å². The molecule has 126 valence electrons. The van der Waals surface area contributed by atoms with E-state index in [4.69, 9.17) is 27.9 Å². The van der Waals surface area contributed by atoms with E-state index in [2.05, 4.69) is 12.1 Å². The zero-order chi connectivity index (χ0) is 16.7. The van der Waals surface area contributed by atoms with Crippen LogP contribution in [0, 0.1) is 5.41 Å². The Balaban J connectivity index is 1.53. The first kappa shape index (κ1) is 16.9. The summed E-state index contributed by atoms with van der Waals surface area (Å²) in [6, 6.07) is 8.16. The Kier molecular flexibility index (Phi) is 4.51. The number of rotatable bonds is 4. The van der Waals surface area contributed by atoms with E-state index in [-0.39, 0.29) is 5.91 Å². The quantitative estimate of drug-likeness (QED) is 0.828. The smallest absolute Gasteiger partial charge is 0.232 e. The number of piperazine rings is 1. The van der Waals surface area contributed by atoms with Gasteiger partial charge in [0, 0.05) is 5.56 Å². The molecule has 2 fully saturated rings. The number of hydrogen-bond acceptors (Lipinski definition) is 2. The molecule has 1 aromatic carbocycles. The first-order valence-electron chi connectivity index (χ1n) is 7.99. The summed E-state index contributed by atoms with van der Waals surface area (Å²) in [5, 5.41) is 0. The van der Waals surface area contributed by atoms with E-state index in [0.29, 0.717) is 6.42 Å². The SMILES string of the molecule is COc1cccc(C[NH+]2CCN(C(=O)[C@@]3(C)CC3(Cl)Cl)CC2)c1. The van der Waals surface area contributed by atoms with Crippen molar-refractivity contribution in [2.75, 3.05) is 33.3 Å². The Morgan fingerprint density at radius 2 is 2.00 bits per heavy atom. The van der Waals surface area contributed by atoms with Crippen molar-refractivity contribution in [2.45, 2.75) is 24.2 Å². The molecule has 1 aliphatic carbocycles. The number of alkyl halides is 2. The van der Waals surface area contributed by atoms with Crippen LogP contribution < -0.4 is 9.64 Å². The molecule has 6 heteroatoms. The number of benzene rings is 1. The Hall–Kier alpha value is -0.970. The second-order valence-corrected chi connectivity index (χ2v) is 8.27. The summed E-state index contributed by atoms with van der Waals surface area (Å²) in [7, 11) is 1.68. The van der Waals surface area contributed by atoms with Crippen molar-refractivity contribution in [1.29, 1.82) is 0 Å². The van der Waals surface area contributed by atoms with Gasteiger partial charge in [-0.05, 0) is 25.5 Å². The maximum atomic E-state index is 12.6.